The minimum absolute atomic E-state index is 1.01. The van der Waals surface area contributed by atoms with Crippen LogP contribution in [0.5, 0.6) is 0 Å². The molecule has 4 heterocycles. The monoisotopic (exact) mass is 539 g/mol. The highest BCUT2D eigenvalue weighted by atomic mass is 32.1. The van der Waals surface area contributed by atoms with Crippen LogP contribution >= 0.6 is 11.3 Å². The zero-order valence-electron chi connectivity index (χ0n) is 21.9. The fourth-order valence-electron chi connectivity index (χ4n) is 6.98. The highest BCUT2D eigenvalue weighted by molar-refractivity contribution is 7.25. The zero-order chi connectivity index (χ0) is 26.7. The van der Waals surface area contributed by atoms with Crippen LogP contribution in [-0.2, 0) is 0 Å². The summed E-state index contributed by atoms with van der Waals surface area (Å²) in [5.74, 6) is 0. The number of fused-ring (bicyclic) bond motifs is 15. The number of nitrogens with zero attached hydrogens (tertiary/aromatic N) is 3. The van der Waals surface area contributed by atoms with Gasteiger partial charge >= 0.3 is 0 Å². The van der Waals surface area contributed by atoms with Crippen LogP contribution in [0.15, 0.2) is 127 Å². The van der Waals surface area contributed by atoms with E-state index in [1.165, 1.54) is 69.3 Å². The maximum atomic E-state index is 5.23. The van der Waals surface area contributed by atoms with Crippen molar-refractivity contribution in [3.8, 4) is 5.69 Å². The molecule has 4 heteroatoms. The van der Waals surface area contributed by atoms with E-state index in [0.29, 0.717) is 0 Å². The number of imidazole rings is 1. The molecule has 0 saturated carbocycles. The molecule has 4 aromatic heterocycles. The van der Waals surface area contributed by atoms with Gasteiger partial charge in [0.25, 0.3) is 0 Å². The van der Waals surface area contributed by atoms with Crippen LogP contribution in [0.1, 0.15) is 0 Å². The first-order valence-corrected chi connectivity index (χ1v) is 14.7. The molecule has 41 heavy (non-hydrogen) atoms. The number of pyridine rings is 1. The molecule has 0 aliphatic heterocycles. The number of hydrogen-bond acceptors (Lipinski definition) is 2. The average Bonchev–Trinajstić information content (AvgIpc) is 3.70. The maximum Gasteiger partial charge on any atom is 0.146 e. The fourth-order valence-corrected chi connectivity index (χ4v) is 8.10. The van der Waals surface area contributed by atoms with E-state index in [9.17, 15) is 0 Å². The molecule has 0 amide bonds. The van der Waals surface area contributed by atoms with Gasteiger partial charge in [0.05, 0.1) is 27.6 Å². The Morgan fingerprint density at radius 3 is 2.12 bits per heavy atom. The average molecular weight is 540 g/mol. The number of para-hydroxylation sites is 4. The molecule has 0 spiro atoms. The minimum atomic E-state index is 1.01. The molecule has 3 nitrogen and oxygen atoms in total. The normalized spacial score (nSPS) is 12.4. The van der Waals surface area contributed by atoms with E-state index in [0.717, 1.165) is 16.7 Å². The smallest absolute Gasteiger partial charge is 0.146 e. The molecule has 0 N–H and O–H groups in total. The Morgan fingerprint density at radius 1 is 0.463 bits per heavy atom. The second-order valence-electron chi connectivity index (χ2n) is 10.8. The van der Waals surface area contributed by atoms with Crippen LogP contribution in [0.3, 0.4) is 0 Å². The van der Waals surface area contributed by atoms with Gasteiger partial charge in [0.15, 0.2) is 0 Å². The van der Waals surface area contributed by atoms with Gasteiger partial charge in [-0.2, -0.15) is 0 Å². The number of rotatable bonds is 1. The molecule has 0 aliphatic rings. The van der Waals surface area contributed by atoms with E-state index in [4.69, 9.17) is 4.98 Å². The molecule has 0 saturated heterocycles. The van der Waals surface area contributed by atoms with Gasteiger partial charge in [-0.3, -0.25) is 4.40 Å². The van der Waals surface area contributed by atoms with E-state index in [2.05, 4.69) is 136 Å². The molecule has 10 aromatic rings. The minimum Gasteiger partial charge on any atom is -0.309 e. The number of benzene rings is 6. The van der Waals surface area contributed by atoms with Gasteiger partial charge in [0, 0.05) is 52.8 Å². The summed E-state index contributed by atoms with van der Waals surface area (Å²) >= 11 is 1.88. The summed E-state index contributed by atoms with van der Waals surface area (Å²) in [7, 11) is 0. The van der Waals surface area contributed by atoms with Gasteiger partial charge in [0.1, 0.15) is 5.65 Å². The van der Waals surface area contributed by atoms with E-state index in [1.807, 2.05) is 11.3 Å². The fraction of sp³-hybridized carbons (Fsp3) is 0. The lowest BCUT2D eigenvalue weighted by molar-refractivity contribution is 1.18. The quantitative estimate of drug-likeness (QED) is 0.190. The van der Waals surface area contributed by atoms with E-state index in [1.54, 1.807) is 0 Å². The number of aromatic nitrogens is 3. The predicted octanol–water partition coefficient (Wildman–Crippen LogP) is 10.3. The van der Waals surface area contributed by atoms with Crippen molar-refractivity contribution in [1.29, 1.82) is 0 Å². The molecule has 0 bridgehead atoms. The van der Waals surface area contributed by atoms with Gasteiger partial charge < -0.3 is 4.57 Å². The van der Waals surface area contributed by atoms with Gasteiger partial charge in [-0.25, -0.2) is 4.98 Å². The molecule has 0 unspecified atom stereocenters. The second kappa shape index (κ2) is 7.72. The van der Waals surface area contributed by atoms with Crippen molar-refractivity contribution in [3.05, 3.63) is 127 Å². The lowest BCUT2D eigenvalue weighted by atomic mass is 9.99. The Bertz CT molecular complexity index is 2690. The highest BCUT2D eigenvalue weighted by Gasteiger charge is 2.21. The van der Waals surface area contributed by atoms with Crippen molar-refractivity contribution < 1.29 is 0 Å². The molecule has 0 fully saturated rings. The molecule has 0 aliphatic carbocycles. The van der Waals surface area contributed by atoms with Crippen molar-refractivity contribution in [2.24, 2.45) is 0 Å². The van der Waals surface area contributed by atoms with Gasteiger partial charge in [-0.1, -0.05) is 66.7 Å². The SMILES string of the molecule is c1ccc(-n2c3ccccc3c3c4c5cc6sc7ccccc7c6cc5n5c6ccccc6nc5c4ccc32)cc1. The van der Waals surface area contributed by atoms with E-state index in [-0.39, 0.29) is 0 Å². The predicted molar refractivity (Wildman–Crippen MR) is 175 cm³/mol. The van der Waals surface area contributed by atoms with Crippen LogP contribution in [0.4, 0.5) is 0 Å². The zero-order valence-corrected chi connectivity index (χ0v) is 22.7. The first-order chi connectivity index (χ1) is 20.3. The van der Waals surface area contributed by atoms with Crippen LogP contribution < -0.4 is 0 Å². The summed E-state index contributed by atoms with van der Waals surface area (Å²) in [5, 5.41) is 8.86. The summed E-state index contributed by atoms with van der Waals surface area (Å²) in [6, 6.07) is 46.2. The molecular formula is C37H21N3S. The van der Waals surface area contributed by atoms with Gasteiger partial charge in [0.2, 0.25) is 0 Å². The Labute approximate surface area is 238 Å². The topological polar surface area (TPSA) is 22.2 Å². The van der Waals surface area contributed by atoms with Crippen molar-refractivity contribution in [1.82, 2.24) is 14.0 Å². The van der Waals surface area contributed by atoms with Crippen molar-refractivity contribution in [3.63, 3.8) is 0 Å². The molecule has 0 radical (unpaired) electrons. The van der Waals surface area contributed by atoms with Crippen LogP contribution in [0, 0.1) is 0 Å². The summed E-state index contributed by atoms with van der Waals surface area (Å²) in [6.45, 7) is 0. The third-order valence-electron chi connectivity index (χ3n) is 8.66. The Morgan fingerprint density at radius 2 is 1.22 bits per heavy atom. The van der Waals surface area contributed by atoms with Crippen molar-refractivity contribution in [2.45, 2.75) is 0 Å². The molecule has 10 rings (SSSR count). The van der Waals surface area contributed by atoms with Crippen molar-refractivity contribution >= 4 is 91.7 Å². The summed E-state index contributed by atoms with van der Waals surface area (Å²) < 4.78 is 7.41. The summed E-state index contributed by atoms with van der Waals surface area (Å²) in [6.07, 6.45) is 0. The maximum absolute atomic E-state index is 5.23. The van der Waals surface area contributed by atoms with Crippen LogP contribution in [0.2, 0.25) is 0 Å². The highest BCUT2D eigenvalue weighted by Crippen LogP contribution is 2.44. The summed E-state index contributed by atoms with van der Waals surface area (Å²) in [5.41, 5.74) is 7.95. The number of hydrogen-bond donors (Lipinski definition) is 0. The van der Waals surface area contributed by atoms with Gasteiger partial charge in [-0.05, 0) is 60.7 Å². The molecule has 0 atom stereocenters. The second-order valence-corrected chi connectivity index (χ2v) is 11.9. The molecule has 190 valence electrons. The van der Waals surface area contributed by atoms with Crippen molar-refractivity contribution in [2.75, 3.05) is 0 Å². The largest absolute Gasteiger partial charge is 0.309 e. The first kappa shape index (κ1) is 21.6. The first-order valence-electron chi connectivity index (χ1n) is 13.9. The van der Waals surface area contributed by atoms with E-state index < -0.39 is 0 Å². The lowest BCUT2D eigenvalue weighted by Crippen LogP contribution is -1.94. The van der Waals surface area contributed by atoms with Crippen LogP contribution in [-0.4, -0.2) is 14.0 Å². The Balaban J connectivity index is 1.53. The molecule has 6 aromatic carbocycles. The standard InChI is InChI=1S/C37H21N3S/c1-2-10-22(11-3-1)39-29-15-7-4-13-24(29)36-31(39)19-18-25-35(36)27-21-34-26(23-12-5-9-17-33(23)41-34)20-32(27)40-30-16-8-6-14-28(30)38-37(25)40/h1-21H. The third kappa shape index (κ3) is 2.75. The summed E-state index contributed by atoms with van der Waals surface area (Å²) in [4.78, 5) is 5.23. The molecular weight excluding hydrogens is 518 g/mol. The number of thiophene rings is 1. The Kier molecular flexibility index (Phi) is 4.07. The van der Waals surface area contributed by atoms with Crippen LogP contribution in [0.25, 0.3) is 86.0 Å². The lowest BCUT2D eigenvalue weighted by Gasteiger charge is -2.12. The van der Waals surface area contributed by atoms with E-state index >= 15 is 0 Å². The van der Waals surface area contributed by atoms with Gasteiger partial charge in [-0.15, -0.1) is 11.3 Å². The third-order valence-corrected chi connectivity index (χ3v) is 9.79. The Hall–Kier alpha value is -5.19.